The number of pyridine rings is 1. The maximum atomic E-state index is 4.49. The number of hydrogen-bond acceptors (Lipinski definition) is 3. The number of aromatic nitrogens is 3. The molecule has 1 N–H and O–H groups in total. The van der Waals surface area contributed by atoms with E-state index in [-0.39, 0.29) is 0 Å². The average Bonchev–Trinajstić information content (AvgIpc) is 2.83. The molecule has 0 radical (unpaired) electrons. The number of anilines is 1. The lowest BCUT2D eigenvalue weighted by atomic mass is 10.1. The predicted molar refractivity (Wildman–Crippen MR) is 76.2 cm³/mol. The Hall–Kier alpha value is -2.36. The molecule has 0 saturated carbocycles. The molecule has 0 saturated heterocycles. The van der Waals surface area contributed by atoms with Crippen LogP contribution in [-0.4, -0.2) is 14.6 Å². The predicted octanol–water partition coefficient (Wildman–Crippen LogP) is 2.96. The lowest BCUT2D eigenvalue weighted by molar-refractivity contribution is 0.946. The molecule has 0 spiro atoms. The fourth-order valence-electron chi connectivity index (χ4n) is 2.00. The zero-order chi connectivity index (χ0) is 13.2. The number of benzene rings is 1. The fraction of sp³-hybridized carbons (Fsp3) is 0.200. The Kier molecular flexibility index (Phi) is 2.91. The molecule has 0 amide bonds. The molecule has 0 bridgehead atoms. The van der Waals surface area contributed by atoms with Gasteiger partial charge in [0.25, 0.3) is 0 Å². The van der Waals surface area contributed by atoms with E-state index < -0.39 is 0 Å². The third-order valence-corrected chi connectivity index (χ3v) is 3.13. The molecule has 0 unspecified atom stereocenters. The van der Waals surface area contributed by atoms with Crippen LogP contribution in [0.5, 0.6) is 0 Å². The first-order chi connectivity index (χ1) is 9.22. The molecular weight excluding hydrogens is 236 g/mol. The van der Waals surface area contributed by atoms with Gasteiger partial charge in [-0.05, 0) is 31.0 Å². The van der Waals surface area contributed by atoms with Gasteiger partial charge in [-0.1, -0.05) is 35.9 Å². The first-order valence-electron chi connectivity index (χ1n) is 6.34. The average molecular weight is 252 g/mol. The zero-order valence-corrected chi connectivity index (χ0v) is 11.1. The summed E-state index contributed by atoms with van der Waals surface area (Å²) in [5.74, 6) is 0.662. The SMILES string of the molecule is Cc1ccc(CNc2nc3c(C)cccn3n2)cc1. The normalized spacial score (nSPS) is 10.8. The highest BCUT2D eigenvalue weighted by molar-refractivity contribution is 5.49. The van der Waals surface area contributed by atoms with E-state index in [0.29, 0.717) is 5.95 Å². The van der Waals surface area contributed by atoms with Crippen molar-refractivity contribution in [3.8, 4) is 0 Å². The highest BCUT2D eigenvalue weighted by atomic mass is 15.3. The summed E-state index contributed by atoms with van der Waals surface area (Å²) in [6, 6.07) is 12.5. The van der Waals surface area contributed by atoms with Gasteiger partial charge in [0.2, 0.25) is 5.95 Å². The highest BCUT2D eigenvalue weighted by Crippen LogP contribution is 2.11. The van der Waals surface area contributed by atoms with E-state index in [2.05, 4.69) is 46.6 Å². The van der Waals surface area contributed by atoms with E-state index in [1.807, 2.05) is 25.3 Å². The van der Waals surface area contributed by atoms with Crippen LogP contribution in [0.25, 0.3) is 5.65 Å². The minimum absolute atomic E-state index is 0.662. The Morgan fingerprint density at radius 3 is 2.63 bits per heavy atom. The molecule has 0 aliphatic heterocycles. The van der Waals surface area contributed by atoms with Crippen molar-refractivity contribution in [1.29, 1.82) is 0 Å². The largest absolute Gasteiger partial charge is 0.349 e. The molecule has 2 aromatic heterocycles. The summed E-state index contributed by atoms with van der Waals surface area (Å²) in [5.41, 5.74) is 4.51. The smallest absolute Gasteiger partial charge is 0.243 e. The van der Waals surface area contributed by atoms with Crippen molar-refractivity contribution in [3.05, 3.63) is 59.3 Å². The Morgan fingerprint density at radius 1 is 1.11 bits per heavy atom. The van der Waals surface area contributed by atoms with Crippen LogP contribution in [0.3, 0.4) is 0 Å². The standard InChI is InChI=1S/C15H16N4/c1-11-5-7-13(8-6-11)10-16-15-17-14-12(2)4-3-9-19(14)18-15/h3-9H,10H2,1-2H3,(H,16,18). The Balaban J connectivity index is 1.78. The quantitative estimate of drug-likeness (QED) is 0.779. The molecule has 96 valence electrons. The van der Waals surface area contributed by atoms with Gasteiger partial charge < -0.3 is 5.32 Å². The van der Waals surface area contributed by atoms with Crippen molar-refractivity contribution in [2.75, 3.05) is 5.32 Å². The van der Waals surface area contributed by atoms with E-state index in [0.717, 1.165) is 17.8 Å². The molecular formula is C15H16N4. The number of rotatable bonds is 3. The van der Waals surface area contributed by atoms with Gasteiger partial charge in [-0.2, -0.15) is 4.98 Å². The van der Waals surface area contributed by atoms with Crippen LogP contribution in [0.4, 0.5) is 5.95 Å². The van der Waals surface area contributed by atoms with Gasteiger partial charge in [0.1, 0.15) is 0 Å². The van der Waals surface area contributed by atoms with Crippen LogP contribution in [0.2, 0.25) is 0 Å². The summed E-state index contributed by atoms with van der Waals surface area (Å²) in [6.07, 6.45) is 1.91. The van der Waals surface area contributed by atoms with Crippen molar-refractivity contribution in [2.45, 2.75) is 20.4 Å². The highest BCUT2D eigenvalue weighted by Gasteiger charge is 2.04. The van der Waals surface area contributed by atoms with Crippen molar-refractivity contribution >= 4 is 11.6 Å². The molecule has 0 fully saturated rings. The third kappa shape index (κ3) is 2.42. The molecule has 0 aliphatic carbocycles. The number of nitrogens with one attached hydrogen (secondary N) is 1. The van der Waals surface area contributed by atoms with Crippen LogP contribution >= 0.6 is 0 Å². The molecule has 3 aromatic rings. The van der Waals surface area contributed by atoms with Gasteiger partial charge in [0, 0.05) is 12.7 Å². The second-order valence-corrected chi connectivity index (χ2v) is 4.73. The molecule has 19 heavy (non-hydrogen) atoms. The molecule has 0 atom stereocenters. The van der Waals surface area contributed by atoms with Gasteiger partial charge in [-0.3, -0.25) is 0 Å². The topological polar surface area (TPSA) is 42.2 Å². The summed E-state index contributed by atoms with van der Waals surface area (Å²) in [6.45, 7) is 4.85. The lowest BCUT2D eigenvalue weighted by Gasteiger charge is -2.02. The molecule has 4 heteroatoms. The Bertz CT molecular complexity index is 698. The van der Waals surface area contributed by atoms with E-state index >= 15 is 0 Å². The van der Waals surface area contributed by atoms with Gasteiger partial charge in [0.05, 0.1) is 0 Å². The van der Waals surface area contributed by atoms with Crippen LogP contribution < -0.4 is 5.32 Å². The van der Waals surface area contributed by atoms with Crippen molar-refractivity contribution in [2.24, 2.45) is 0 Å². The van der Waals surface area contributed by atoms with Crippen molar-refractivity contribution in [1.82, 2.24) is 14.6 Å². The number of fused-ring (bicyclic) bond motifs is 1. The van der Waals surface area contributed by atoms with Gasteiger partial charge >= 0.3 is 0 Å². The van der Waals surface area contributed by atoms with E-state index in [1.165, 1.54) is 11.1 Å². The molecule has 4 nitrogen and oxygen atoms in total. The minimum Gasteiger partial charge on any atom is -0.349 e. The Morgan fingerprint density at radius 2 is 1.89 bits per heavy atom. The Labute approximate surface area is 112 Å². The summed E-state index contributed by atoms with van der Waals surface area (Å²) in [4.78, 5) is 4.49. The third-order valence-electron chi connectivity index (χ3n) is 3.13. The minimum atomic E-state index is 0.662. The van der Waals surface area contributed by atoms with Gasteiger partial charge in [-0.15, -0.1) is 5.10 Å². The second-order valence-electron chi connectivity index (χ2n) is 4.73. The maximum absolute atomic E-state index is 4.49. The van der Waals surface area contributed by atoms with E-state index in [9.17, 15) is 0 Å². The van der Waals surface area contributed by atoms with Crippen LogP contribution in [0, 0.1) is 13.8 Å². The number of nitrogens with zero attached hydrogens (tertiary/aromatic N) is 3. The molecule has 3 rings (SSSR count). The summed E-state index contributed by atoms with van der Waals surface area (Å²) in [5, 5.41) is 7.65. The van der Waals surface area contributed by atoms with Crippen molar-refractivity contribution in [3.63, 3.8) is 0 Å². The summed E-state index contributed by atoms with van der Waals surface area (Å²) in [7, 11) is 0. The zero-order valence-electron chi connectivity index (χ0n) is 11.1. The summed E-state index contributed by atoms with van der Waals surface area (Å²) >= 11 is 0. The van der Waals surface area contributed by atoms with Crippen molar-refractivity contribution < 1.29 is 0 Å². The second kappa shape index (κ2) is 4.72. The van der Waals surface area contributed by atoms with E-state index in [4.69, 9.17) is 0 Å². The fourth-order valence-corrected chi connectivity index (χ4v) is 2.00. The summed E-state index contributed by atoms with van der Waals surface area (Å²) < 4.78 is 1.80. The first-order valence-corrected chi connectivity index (χ1v) is 6.34. The van der Waals surface area contributed by atoms with Crippen LogP contribution in [0.15, 0.2) is 42.6 Å². The van der Waals surface area contributed by atoms with E-state index in [1.54, 1.807) is 4.52 Å². The molecule has 2 heterocycles. The van der Waals surface area contributed by atoms with Crippen LogP contribution in [-0.2, 0) is 6.54 Å². The van der Waals surface area contributed by atoms with Gasteiger partial charge in [0.15, 0.2) is 5.65 Å². The molecule has 0 aliphatic rings. The monoisotopic (exact) mass is 252 g/mol. The number of aryl methyl sites for hydroxylation is 2. The lowest BCUT2D eigenvalue weighted by Crippen LogP contribution is -2.01. The van der Waals surface area contributed by atoms with Gasteiger partial charge in [-0.25, -0.2) is 4.52 Å². The first kappa shape index (κ1) is 11.7. The van der Waals surface area contributed by atoms with Crippen LogP contribution in [0.1, 0.15) is 16.7 Å². The number of hydrogen-bond donors (Lipinski definition) is 1. The molecule has 1 aromatic carbocycles. The maximum Gasteiger partial charge on any atom is 0.243 e.